The Morgan fingerprint density at radius 1 is 1.10 bits per heavy atom. The summed E-state index contributed by atoms with van der Waals surface area (Å²) in [5, 5.41) is 0. The predicted octanol–water partition coefficient (Wildman–Crippen LogP) is 4.19. The number of methoxy groups -OCH3 is 1. The lowest BCUT2D eigenvalue weighted by molar-refractivity contribution is 0.319. The molecule has 2 aromatic rings. The van der Waals surface area contributed by atoms with Crippen LogP contribution in [0.5, 0.6) is 11.5 Å². The van der Waals surface area contributed by atoms with Crippen LogP contribution < -0.4 is 9.47 Å². The topological polar surface area (TPSA) is 18.5 Å². The molecule has 0 unspecified atom stereocenters. The normalized spacial score (nSPS) is 10.3. The largest absolute Gasteiger partial charge is 0.497 e. The molecule has 2 aromatic carbocycles. The number of hydrogen-bond acceptors (Lipinski definition) is 2. The first kappa shape index (κ1) is 14.7. The van der Waals surface area contributed by atoms with E-state index >= 15 is 0 Å². The van der Waals surface area contributed by atoms with Gasteiger partial charge in [-0.15, -0.1) is 11.6 Å². The van der Waals surface area contributed by atoms with Crippen molar-refractivity contribution >= 4 is 11.6 Å². The molecule has 20 heavy (non-hydrogen) atoms. The molecule has 106 valence electrons. The van der Waals surface area contributed by atoms with E-state index in [9.17, 15) is 4.39 Å². The van der Waals surface area contributed by atoms with Gasteiger partial charge in [-0.3, -0.25) is 0 Å². The number of alkyl halides is 1. The maximum Gasteiger partial charge on any atom is 0.123 e. The van der Waals surface area contributed by atoms with Gasteiger partial charge in [0.1, 0.15) is 17.3 Å². The molecule has 0 atom stereocenters. The lowest BCUT2D eigenvalue weighted by Crippen LogP contribution is -2.03. The van der Waals surface area contributed by atoms with Crippen LogP contribution in [0, 0.1) is 5.82 Å². The Hall–Kier alpha value is -1.74. The highest BCUT2D eigenvalue weighted by molar-refractivity contribution is 6.17. The van der Waals surface area contributed by atoms with E-state index < -0.39 is 0 Å². The van der Waals surface area contributed by atoms with Crippen LogP contribution in [0.25, 0.3) is 0 Å². The Kier molecular flexibility index (Phi) is 5.24. The third-order valence-electron chi connectivity index (χ3n) is 2.97. The second-order valence-corrected chi connectivity index (χ2v) is 4.60. The smallest absolute Gasteiger partial charge is 0.123 e. The number of benzene rings is 2. The highest BCUT2D eigenvalue weighted by Crippen LogP contribution is 2.22. The van der Waals surface area contributed by atoms with Crippen molar-refractivity contribution in [1.82, 2.24) is 0 Å². The molecule has 0 radical (unpaired) electrons. The minimum absolute atomic E-state index is 0.232. The fourth-order valence-corrected chi connectivity index (χ4v) is 2.07. The van der Waals surface area contributed by atoms with Crippen molar-refractivity contribution in [2.24, 2.45) is 0 Å². The van der Waals surface area contributed by atoms with E-state index in [1.807, 2.05) is 24.3 Å². The van der Waals surface area contributed by atoms with E-state index in [-0.39, 0.29) is 11.7 Å². The van der Waals surface area contributed by atoms with Crippen LogP contribution in [0.3, 0.4) is 0 Å². The molecular weight excluding hydrogens is 279 g/mol. The first-order valence-corrected chi connectivity index (χ1v) is 6.86. The molecule has 2 nitrogen and oxygen atoms in total. The first-order valence-electron chi connectivity index (χ1n) is 6.33. The van der Waals surface area contributed by atoms with Gasteiger partial charge in [0.05, 0.1) is 19.6 Å². The standard InChI is InChI=1S/C16H16ClFO2/c1-19-15-5-2-12(3-6-15)8-9-20-16-7-4-14(18)10-13(16)11-17/h2-7,10H,8-9,11H2,1H3. The molecule has 0 heterocycles. The monoisotopic (exact) mass is 294 g/mol. The van der Waals surface area contributed by atoms with Crippen LogP contribution in [0.15, 0.2) is 42.5 Å². The molecule has 2 rings (SSSR count). The second kappa shape index (κ2) is 7.15. The zero-order valence-corrected chi connectivity index (χ0v) is 12.0. The second-order valence-electron chi connectivity index (χ2n) is 4.33. The molecule has 0 aliphatic rings. The maximum absolute atomic E-state index is 13.1. The molecule has 0 saturated carbocycles. The molecule has 0 amide bonds. The van der Waals surface area contributed by atoms with Gasteiger partial charge in [-0.25, -0.2) is 4.39 Å². The summed E-state index contributed by atoms with van der Waals surface area (Å²) >= 11 is 5.77. The summed E-state index contributed by atoms with van der Waals surface area (Å²) in [7, 11) is 1.64. The van der Waals surface area contributed by atoms with Gasteiger partial charge in [0, 0.05) is 12.0 Å². The van der Waals surface area contributed by atoms with Crippen LogP contribution in [0.2, 0.25) is 0 Å². The average molecular weight is 295 g/mol. The molecule has 0 bridgehead atoms. The van der Waals surface area contributed by atoms with Crippen molar-refractivity contribution in [3.8, 4) is 11.5 Å². The summed E-state index contributed by atoms with van der Waals surface area (Å²) in [4.78, 5) is 0. The Bertz CT molecular complexity index is 555. The first-order chi connectivity index (χ1) is 9.72. The fourth-order valence-electron chi connectivity index (χ4n) is 1.86. The van der Waals surface area contributed by atoms with Gasteiger partial charge in [-0.05, 0) is 35.9 Å². The molecule has 0 spiro atoms. The third kappa shape index (κ3) is 3.87. The van der Waals surface area contributed by atoms with Gasteiger partial charge in [0.15, 0.2) is 0 Å². The van der Waals surface area contributed by atoms with Gasteiger partial charge in [-0.2, -0.15) is 0 Å². The van der Waals surface area contributed by atoms with E-state index in [4.69, 9.17) is 21.1 Å². The number of hydrogen-bond donors (Lipinski definition) is 0. The summed E-state index contributed by atoms with van der Waals surface area (Å²) < 4.78 is 23.8. The quantitative estimate of drug-likeness (QED) is 0.744. The van der Waals surface area contributed by atoms with E-state index in [2.05, 4.69) is 0 Å². The van der Waals surface area contributed by atoms with Gasteiger partial charge in [-0.1, -0.05) is 12.1 Å². The zero-order chi connectivity index (χ0) is 14.4. The maximum atomic E-state index is 13.1. The van der Waals surface area contributed by atoms with Crippen molar-refractivity contribution in [1.29, 1.82) is 0 Å². The van der Waals surface area contributed by atoms with E-state index in [0.29, 0.717) is 17.9 Å². The van der Waals surface area contributed by atoms with E-state index in [0.717, 1.165) is 17.7 Å². The number of rotatable bonds is 6. The molecule has 4 heteroatoms. The highest BCUT2D eigenvalue weighted by atomic mass is 35.5. The minimum atomic E-state index is -0.303. The predicted molar refractivity (Wildman–Crippen MR) is 78.2 cm³/mol. The van der Waals surface area contributed by atoms with Crippen molar-refractivity contribution in [2.45, 2.75) is 12.3 Å². The summed E-state index contributed by atoms with van der Waals surface area (Å²) in [6.45, 7) is 0.516. The molecule has 0 N–H and O–H groups in total. The summed E-state index contributed by atoms with van der Waals surface area (Å²) in [5.41, 5.74) is 1.82. The van der Waals surface area contributed by atoms with E-state index in [1.165, 1.54) is 12.1 Å². The lowest BCUT2D eigenvalue weighted by atomic mass is 10.1. The molecule has 0 saturated heterocycles. The van der Waals surface area contributed by atoms with Crippen LogP contribution in [-0.4, -0.2) is 13.7 Å². The number of halogens is 2. The van der Waals surface area contributed by atoms with Gasteiger partial charge < -0.3 is 9.47 Å². The third-order valence-corrected chi connectivity index (χ3v) is 3.26. The van der Waals surface area contributed by atoms with Gasteiger partial charge in [0.2, 0.25) is 0 Å². The fraction of sp³-hybridized carbons (Fsp3) is 0.250. The van der Waals surface area contributed by atoms with Crippen molar-refractivity contribution in [2.75, 3.05) is 13.7 Å². The lowest BCUT2D eigenvalue weighted by Gasteiger charge is -2.10. The zero-order valence-electron chi connectivity index (χ0n) is 11.2. The molecule has 0 aromatic heterocycles. The van der Waals surface area contributed by atoms with Crippen LogP contribution in [0.4, 0.5) is 4.39 Å². The molecule has 0 aliphatic heterocycles. The minimum Gasteiger partial charge on any atom is -0.497 e. The number of ether oxygens (including phenoxy) is 2. The summed E-state index contributed by atoms with van der Waals surface area (Å²) in [6, 6.07) is 12.2. The summed E-state index contributed by atoms with van der Waals surface area (Å²) in [6.07, 6.45) is 0.767. The molecule has 0 fully saturated rings. The van der Waals surface area contributed by atoms with Crippen molar-refractivity contribution in [3.63, 3.8) is 0 Å². The Labute approximate surface area is 123 Å². The molecular formula is C16H16ClFO2. The average Bonchev–Trinajstić information content (AvgIpc) is 2.49. The van der Waals surface area contributed by atoms with E-state index in [1.54, 1.807) is 13.2 Å². The SMILES string of the molecule is COc1ccc(CCOc2ccc(F)cc2CCl)cc1. The van der Waals surface area contributed by atoms with Crippen LogP contribution in [-0.2, 0) is 12.3 Å². The van der Waals surface area contributed by atoms with Crippen LogP contribution >= 0.6 is 11.6 Å². The summed E-state index contributed by atoms with van der Waals surface area (Å²) in [5.74, 6) is 1.39. The van der Waals surface area contributed by atoms with Crippen molar-refractivity contribution < 1.29 is 13.9 Å². The highest BCUT2D eigenvalue weighted by Gasteiger charge is 2.04. The van der Waals surface area contributed by atoms with Gasteiger partial charge in [0.25, 0.3) is 0 Å². The van der Waals surface area contributed by atoms with Crippen LogP contribution in [0.1, 0.15) is 11.1 Å². The van der Waals surface area contributed by atoms with Crippen molar-refractivity contribution in [3.05, 3.63) is 59.4 Å². The molecule has 0 aliphatic carbocycles. The van der Waals surface area contributed by atoms with Gasteiger partial charge >= 0.3 is 0 Å². The Morgan fingerprint density at radius 3 is 2.50 bits per heavy atom. The Morgan fingerprint density at radius 2 is 1.85 bits per heavy atom. The Balaban J connectivity index is 1.92.